The summed E-state index contributed by atoms with van der Waals surface area (Å²) >= 11 is 0. The van der Waals surface area contributed by atoms with Gasteiger partial charge in [0.25, 0.3) is 0 Å². The summed E-state index contributed by atoms with van der Waals surface area (Å²) in [5.74, 6) is 0. The number of rotatable bonds is 4. The van der Waals surface area contributed by atoms with Gasteiger partial charge in [-0.3, -0.25) is 0 Å². The summed E-state index contributed by atoms with van der Waals surface area (Å²) in [6, 6.07) is 10.00. The van der Waals surface area contributed by atoms with Crippen LogP contribution in [0, 0.1) is 0 Å². The Bertz CT molecular complexity index is 210. The third-order valence-corrected chi connectivity index (χ3v) is 1.73. The van der Waals surface area contributed by atoms with E-state index in [0.717, 1.165) is 12.2 Å². The van der Waals surface area contributed by atoms with Gasteiger partial charge in [0.1, 0.15) is 0 Å². The molecule has 2 N–H and O–H groups in total. The molecule has 2 nitrogen and oxygen atoms in total. The summed E-state index contributed by atoms with van der Waals surface area (Å²) in [7, 11) is 0. The minimum Gasteiger partial charge on any atom is -0.380 e. The van der Waals surface area contributed by atoms with Crippen LogP contribution < -0.4 is 5.73 Å². The maximum absolute atomic E-state index is 5.86. The zero-order valence-corrected chi connectivity index (χ0v) is 7.36. The zero-order valence-electron chi connectivity index (χ0n) is 7.36. The van der Waals surface area contributed by atoms with E-state index < -0.39 is 0 Å². The lowest BCUT2D eigenvalue weighted by Crippen LogP contribution is -2.16. The second-order valence-corrected chi connectivity index (χ2v) is 2.68. The summed E-state index contributed by atoms with van der Waals surface area (Å²) < 4.78 is 5.22. The van der Waals surface area contributed by atoms with E-state index in [1.807, 2.05) is 37.3 Å². The fourth-order valence-electron chi connectivity index (χ4n) is 1.04. The number of benzene rings is 1. The SMILES string of the molecule is CCOC[C@H](N)c1ccccc1. The van der Waals surface area contributed by atoms with Gasteiger partial charge < -0.3 is 10.5 Å². The predicted octanol–water partition coefficient (Wildman–Crippen LogP) is 1.72. The van der Waals surface area contributed by atoms with Crippen molar-refractivity contribution in [2.45, 2.75) is 13.0 Å². The van der Waals surface area contributed by atoms with Crippen molar-refractivity contribution in [1.29, 1.82) is 0 Å². The summed E-state index contributed by atoms with van der Waals surface area (Å²) in [5, 5.41) is 0. The number of nitrogens with two attached hydrogens (primary N) is 1. The highest BCUT2D eigenvalue weighted by atomic mass is 16.5. The Kier molecular flexibility index (Phi) is 3.77. The van der Waals surface area contributed by atoms with Gasteiger partial charge in [-0.2, -0.15) is 0 Å². The minimum atomic E-state index is 0.00569. The van der Waals surface area contributed by atoms with Gasteiger partial charge in [0.05, 0.1) is 12.6 Å². The van der Waals surface area contributed by atoms with Crippen LogP contribution in [-0.4, -0.2) is 13.2 Å². The van der Waals surface area contributed by atoms with Gasteiger partial charge in [0, 0.05) is 6.61 Å². The van der Waals surface area contributed by atoms with Crippen molar-refractivity contribution in [2.24, 2.45) is 5.73 Å². The molecule has 0 saturated carbocycles. The van der Waals surface area contributed by atoms with E-state index in [9.17, 15) is 0 Å². The zero-order chi connectivity index (χ0) is 8.81. The Morgan fingerprint density at radius 3 is 2.58 bits per heavy atom. The molecule has 2 heteroatoms. The molecule has 0 radical (unpaired) electrons. The van der Waals surface area contributed by atoms with E-state index in [0.29, 0.717) is 6.61 Å². The molecule has 0 fully saturated rings. The Labute approximate surface area is 73.3 Å². The maximum atomic E-state index is 5.86. The van der Waals surface area contributed by atoms with E-state index in [1.54, 1.807) is 0 Å². The van der Waals surface area contributed by atoms with Crippen molar-refractivity contribution in [3.63, 3.8) is 0 Å². The Morgan fingerprint density at radius 1 is 1.33 bits per heavy atom. The molecule has 0 spiro atoms. The quantitative estimate of drug-likeness (QED) is 0.737. The van der Waals surface area contributed by atoms with Crippen molar-refractivity contribution >= 4 is 0 Å². The molecule has 66 valence electrons. The van der Waals surface area contributed by atoms with Gasteiger partial charge in [-0.1, -0.05) is 30.3 Å². The van der Waals surface area contributed by atoms with E-state index in [2.05, 4.69) is 0 Å². The molecule has 0 heterocycles. The molecule has 1 aromatic carbocycles. The van der Waals surface area contributed by atoms with Gasteiger partial charge in [-0.15, -0.1) is 0 Å². The third-order valence-electron chi connectivity index (χ3n) is 1.73. The van der Waals surface area contributed by atoms with Crippen molar-refractivity contribution in [3.05, 3.63) is 35.9 Å². The number of hydrogen-bond donors (Lipinski definition) is 1. The molecule has 0 aliphatic heterocycles. The lowest BCUT2D eigenvalue weighted by Gasteiger charge is -2.10. The van der Waals surface area contributed by atoms with Crippen LogP contribution in [0.25, 0.3) is 0 Å². The summed E-state index contributed by atoms with van der Waals surface area (Å²) in [5.41, 5.74) is 6.99. The minimum absolute atomic E-state index is 0.00569. The van der Waals surface area contributed by atoms with E-state index in [1.165, 1.54) is 0 Å². The molecule has 12 heavy (non-hydrogen) atoms. The van der Waals surface area contributed by atoms with Crippen LogP contribution in [0.1, 0.15) is 18.5 Å². The molecule has 0 unspecified atom stereocenters. The molecule has 0 aromatic heterocycles. The average Bonchev–Trinajstić information content (AvgIpc) is 2.15. The maximum Gasteiger partial charge on any atom is 0.0659 e. The molecule has 0 bridgehead atoms. The van der Waals surface area contributed by atoms with Crippen molar-refractivity contribution < 1.29 is 4.74 Å². The molecule has 0 amide bonds. The fraction of sp³-hybridized carbons (Fsp3) is 0.400. The highest BCUT2D eigenvalue weighted by molar-refractivity contribution is 5.18. The first-order valence-electron chi connectivity index (χ1n) is 4.23. The van der Waals surface area contributed by atoms with Crippen molar-refractivity contribution in [3.8, 4) is 0 Å². The van der Waals surface area contributed by atoms with Gasteiger partial charge in [0.2, 0.25) is 0 Å². The number of ether oxygens (including phenoxy) is 1. The summed E-state index contributed by atoms with van der Waals surface area (Å²) in [6.45, 7) is 3.29. The van der Waals surface area contributed by atoms with Gasteiger partial charge >= 0.3 is 0 Å². The molecule has 1 aromatic rings. The van der Waals surface area contributed by atoms with Crippen LogP contribution in [0.3, 0.4) is 0 Å². The topological polar surface area (TPSA) is 35.2 Å². The fourth-order valence-corrected chi connectivity index (χ4v) is 1.04. The lowest BCUT2D eigenvalue weighted by molar-refractivity contribution is 0.133. The second kappa shape index (κ2) is 4.91. The van der Waals surface area contributed by atoms with Crippen LogP contribution in [0.5, 0.6) is 0 Å². The second-order valence-electron chi connectivity index (χ2n) is 2.68. The van der Waals surface area contributed by atoms with Gasteiger partial charge in [0.15, 0.2) is 0 Å². The Balaban J connectivity index is 2.48. The van der Waals surface area contributed by atoms with Gasteiger partial charge in [-0.25, -0.2) is 0 Å². The van der Waals surface area contributed by atoms with Crippen LogP contribution >= 0.6 is 0 Å². The molecule has 0 aliphatic carbocycles. The van der Waals surface area contributed by atoms with Crippen molar-refractivity contribution in [2.75, 3.05) is 13.2 Å². The van der Waals surface area contributed by atoms with E-state index in [4.69, 9.17) is 10.5 Å². The molecular weight excluding hydrogens is 150 g/mol. The van der Waals surface area contributed by atoms with Crippen molar-refractivity contribution in [1.82, 2.24) is 0 Å². The highest BCUT2D eigenvalue weighted by Crippen LogP contribution is 2.08. The molecule has 1 atom stereocenters. The first-order valence-corrected chi connectivity index (χ1v) is 4.23. The largest absolute Gasteiger partial charge is 0.380 e. The van der Waals surface area contributed by atoms with Crippen LogP contribution in [-0.2, 0) is 4.74 Å². The third kappa shape index (κ3) is 2.64. The predicted molar refractivity (Wildman–Crippen MR) is 49.9 cm³/mol. The lowest BCUT2D eigenvalue weighted by atomic mass is 10.1. The van der Waals surface area contributed by atoms with Gasteiger partial charge in [-0.05, 0) is 12.5 Å². The highest BCUT2D eigenvalue weighted by Gasteiger charge is 2.03. The first kappa shape index (κ1) is 9.23. The molecule has 0 aliphatic rings. The van der Waals surface area contributed by atoms with E-state index in [-0.39, 0.29) is 6.04 Å². The summed E-state index contributed by atoms with van der Waals surface area (Å²) in [4.78, 5) is 0. The monoisotopic (exact) mass is 165 g/mol. The van der Waals surface area contributed by atoms with Crippen LogP contribution in [0.15, 0.2) is 30.3 Å². The molecule has 1 rings (SSSR count). The first-order chi connectivity index (χ1) is 5.84. The smallest absolute Gasteiger partial charge is 0.0659 e. The standard InChI is InChI=1S/C10H15NO/c1-2-12-8-10(11)9-6-4-3-5-7-9/h3-7,10H,2,8,11H2,1H3/t10-/m0/s1. The van der Waals surface area contributed by atoms with Crippen LogP contribution in [0.4, 0.5) is 0 Å². The normalized spacial score (nSPS) is 12.8. The Morgan fingerprint density at radius 2 is 2.00 bits per heavy atom. The molecular formula is C10H15NO. The average molecular weight is 165 g/mol. The van der Waals surface area contributed by atoms with Crippen LogP contribution in [0.2, 0.25) is 0 Å². The van der Waals surface area contributed by atoms with E-state index >= 15 is 0 Å². The number of hydrogen-bond acceptors (Lipinski definition) is 2. The Hall–Kier alpha value is -0.860. The summed E-state index contributed by atoms with van der Waals surface area (Å²) in [6.07, 6.45) is 0. The molecule has 0 saturated heterocycles.